The average Bonchev–Trinajstić information content (AvgIpc) is 2.03. The summed E-state index contributed by atoms with van der Waals surface area (Å²) in [6, 6.07) is 7.14. The van der Waals surface area contributed by atoms with Crippen LogP contribution in [0.25, 0.3) is 0 Å². The van der Waals surface area contributed by atoms with Crippen LogP contribution in [-0.2, 0) is 9.90 Å². The zero-order chi connectivity index (χ0) is 8.97. The highest BCUT2D eigenvalue weighted by molar-refractivity contribution is 5.68. The summed E-state index contributed by atoms with van der Waals surface area (Å²) in [5, 5.41) is 10.0. The van der Waals surface area contributed by atoms with Crippen LogP contribution in [0.3, 0.4) is 0 Å². The summed E-state index contributed by atoms with van der Waals surface area (Å²) in [4.78, 5) is 10.0. The third-order valence-corrected chi connectivity index (χ3v) is 1.38. The van der Waals surface area contributed by atoms with Gasteiger partial charge in [-0.25, -0.2) is 9.90 Å². The van der Waals surface area contributed by atoms with Crippen LogP contribution in [0.4, 0.5) is 0 Å². The Kier molecular flexibility index (Phi) is 2.69. The van der Waals surface area contributed by atoms with Gasteiger partial charge in [-0.3, -0.25) is 0 Å². The summed E-state index contributed by atoms with van der Waals surface area (Å²) in [7, 11) is 0. The van der Waals surface area contributed by atoms with Crippen molar-refractivity contribution in [3.05, 3.63) is 29.8 Å². The minimum atomic E-state index is -1.21. The molecule has 0 amide bonds. The highest BCUT2D eigenvalue weighted by Crippen LogP contribution is 2.10. The molecule has 0 saturated heterocycles. The SMILES string of the molecule is Cc1ccc(OCC([O])=O)cc1. The van der Waals surface area contributed by atoms with Crippen LogP contribution in [0.15, 0.2) is 24.3 Å². The van der Waals surface area contributed by atoms with E-state index >= 15 is 0 Å². The summed E-state index contributed by atoms with van der Waals surface area (Å²) < 4.78 is 4.86. The molecule has 0 heterocycles. The molecule has 12 heavy (non-hydrogen) atoms. The van der Waals surface area contributed by atoms with Crippen molar-refractivity contribution in [1.29, 1.82) is 0 Å². The van der Waals surface area contributed by atoms with E-state index in [1.807, 2.05) is 19.1 Å². The van der Waals surface area contributed by atoms with Crippen molar-refractivity contribution in [3.8, 4) is 5.75 Å². The van der Waals surface area contributed by atoms with Gasteiger partial charge < -0.3 is 4.74 Å². The van der Waals surface area contributed by atoms with E-state index in [9.17, 15) is 9.90 Å². The van der Waals surface area contributed by atoms with Crippen molar-refractivity contribution >= 4 is 5.97 Å². The van der Waals surface area contributed by atoms with Crippen molar-refractivity contribution < 1.29 is 14.6 Å². The largest absolute Gasteiger partial charge is 0.482 e. The van der Waals surface area contributed by atoms with Crippen LogP contribution in [0.1, 0.15) is 5.56 Å². The Balaban J connectivity index is 2.53. The molecule has 1 aromatic carbocycles. The maximum atomic E-state index is 10.0. The fourth-order valence-electron chi connectivity index (χ4n) is 0.777. The Hall–Kier alpha value is -1.51. The van der Waals surface area contributed by atoms with Gasteiger partial charge in [0.05, 0.1) is 0 Å². The fourth-order valence-corrected chi connectivity index (χ4v) is 0.777. The zero-order valence-electron chi connectivity index (χ0n) is 6.74. The Morgan fingerprint density at radius 2 is 1.92 bits per heavy atom. The molecule has 1 radical (unpaired) electrons. The van der Waals surface area contributed by atoms with Gasteiger partial charge in [0, 0.05) is 0 Å². The van der Waals surface area contributed by atoms with E-state index in [1.54, 1.807) is 12.1 Å². The summed E-state index contributed by atoms with van der Waals surface area (Å²) in [6.07, 6.45) is 0. The Labute approximate surface area is 70.6 Å². The normalized spacial score (nSPS) is 9.42. The fraction of sp³-hybridized carbons (Fsp3) is 0.222. The second kappa shape index (κ2) is 3.76. The summed E-state index contributed by atoms with van der Waals surface area (Å²) >= 11 is 0. The van der Waals surface area contributed by atoms with Gasteiger partial charge in [0.1, 0.15) is 5.75 Å². The minimum absolute atomic E-state index is 0.400. The van der Waals surface area contributed by atoms with Crippen LogP contribution in [0, 0.1) is 6.92 Å². The first-order valence-corrected chi connectivity index (χ1v) is 3.58. The van der Waals surface area contributed by atoms with Gasteiger partial charge >= 0.3 is 5.97 Å². The predicted molar refractivity (Wildman–Crippen MR) is 42.4 cm³/mol. The van der Waals surface area contributed by atoms with Crippen molar-refractivity contribution in [2.24, 2.45) is 0 Å². The van der Waals surface area contributed by atoms with Crippen molar-refractivity contribution in [1.82, 2.24) is 0 Å². The molecule has 0 spiro atoms. The molecule has 0 aliphatic heterocycles. The first-order valence-electron chi connectivity index (χ1n) is 3.58. The molecule has 0 saturated carbocycles. The second-order valence-electron chi connectivity index (χ2n) is 2.47. The van der Waals surface area contributed by atoms with E-state index in [2.05, 4.69) is 0 Å². The van der Waals surface area contributed by atoms with Gasteiger partial charge in [0.2, 0.25) is 0 Å². The molecule has 0 fully saturated rings. The highest BCUT2D eigenvalue weighted by Gasteiger charge is 1.99. The van der Waals surface area contributed by atoms with E-state index < -0.39 is 12.6 Å². The molecular formula is C9H9O3. The summed E-state index contributed by atoms with van der Waals surface area (Å²) in [5.74, 6) is -0.666. The molecule has 0 aliphatic rings. The third kappa shape index (κ3) is 2.62. The van der Waals surface area contributed by atoms with Crippen LogP contribution in [0.2, 0.25) is 0 Å². The maximum absolute atomic E-state index is 10.0. The lowest BCUT2D eigenvalue weighted by atomic mass is 10.2. The van der Waals surface area contributed by atoms with E-state index in [0.717, 1.165) is 5.56 Å². The molecule has 0 unspecified atom stereocenters. The molecule has 0 bridgehead atoms. The molecule has 0 atom stereocenters. The van der Waals surface area contributed by atoms with Crippen LogP contribution < -0.4 is 4.74 Å². The van der Waals surface area contributed by atoms with E-state index in [0.29, 0.717) is 5.75 Å². The van der Waals surface area contributed by atoms with E-state index in [-0.39, 0.29) is 0 Å². The molecule has 0 N–H and O–H groups in total. The van der Waals surface area contributed by atoms with Crippen LogP contribution >= 0.6 is 0 Å². The van der Waals surface area contributed by atoms with Gasteiger partial charge in [0.25, 0.3) is 0 Å². The number of carbonyl (C=O) groups is 1. The number of hydrogen-bond acceptors (Lipinski definition) is 2. The number of rotatable bonds is 3. The Morgan fingerprint density at radius 1 is 1.33 bits per heavy atom. The smallest absolute Gasteiger partial charge is 0.392 e. The van der Waals surface area contributed by atoms with Gasteiger partial charge in [-0.2, -0.15) is 0 Å². The Morgan fingerprint density at radius 3 is 2.42 bits per heavy atom. The van der Waals surface area contributed by atoms with Crippen LogP contribution in [0.5, 0.6) is 5.75 Å². The zero-order valence-corrected chi connectivity index (χ0v) is 6.74. The number of ether oxygens (including phenoxy) is 1. The summed E-state index contributed by atoms with van der Waals surface area (Å²) in [5.41, 5.74) is 1.11. The summed E-state index contributed by atoms with van der Waals surface area (Å²) in [6.45, 7) is 1.55. The highest BCUT2D eigenvalue weighted by atomic mass is 16.5. The number of benzene rings is 1. The molecule has 63 valence electrons. The first kappa shape index (κ1) is 8.59. The van der Waals surface area contributed by atoms with E-state index in [1.165, 1.54) is 0 Å². The lowest BCUT2D eigenvalue weighted by Crippen LogP contribution is -2.07. The molecule has 3 heteroatoms. The minimum Gasteiger partial charge on any atom is -0.482 e. The number of carbonyl (C=O) groups excluding carboxylic acids is 1. The Bertz CT molecular complexity index is 264. The molecule has 1 rings (SSSR count). The van der Waals surface area contributed by atoms with Gasteiger partial charge in [-0.15, -0.1) is 0 Å². The third-order valence-electron chi connectivity index (χ3n) is 1.38. The lowest BCUT2D eigenvalue weighted by molar-refractivity contribution is -0.145. The van der Waals surface area contributed by atoms with Crippen molar-refractivity contribution in [2.45, 2.75) is 6.92 Å². The van der Waals surface area contributed by atoms with Gasteiger partial charge in [-0.05, 0) is 19.1 Å². The van der Waals surface area contributed by atoms with Gasteiger partial charge in [-0.1, -0.05) is 17.7 Å². The van der Waals surface area contributed by atoms with Gasteiger partial charge in [0.15, 0.2) is 6.61 Å². The van der Waals surface area contributed by atoms with Crippen molar-refractivity contribution in [3.63, 3.8) is 0 Å². The van der Waals surface area contributed by atoms with E-state index in [4.69, 9.17) is 4.74 Å². The maximum Gasteiger partial charge on any atom is 0.392 e. The average molecular weight is 165 g/mol. The molecule has 0 aromatic heterocycles. The predicted octanol–water partition coefficient (Wildman–Crippen LogP) is 1.33. The number of hydrogen-bond donors (Lipinski definition) is 0. The van der Waals surface area contributed by atoms with Crippen molar-refractivity contribution in [2.75, 3.05) is 6.61 Å². The monoisotopic (exact) mass is 165 g/mol. The molecule has 1 aromatic rings. The quantitative estimate of drug-likeness (QED) is 0.678. The first-order chi connectivity index (χ1) is 5.68. The standard InChI is InChI=1S/C9H9O3/c1-7-2-4-8(5-3-7)12-6-9(10)11/h2-5H,6H2,1H3. The van der Waals surface area contributed by atoms with Crippen LogP contribution in [-0.4, -0.2) is 12.6 Å². The number of aryl methyl sites for hydroxylation is 1. The topological polar surface area (TPSA) is 46.2 Å². The molecule has 3 nitrogen and oxygen atoms in total. The lowest BCUT2D eigenvalue weighted by Gasteiger charge is -2.01. The molecule has 0 aliphatic carbocycles. The molecular weight excluding hydrogens is 156 g/mol. The second-order valence-corrected chi connectivity index (χ2v) is 2.47.